The summed E-state index contributed by atoms with van der Waals surface area (Å²) < 4.78 is 5.99. The molecule has 2 unspecified atom stereocenters. The first-order valence-electron chi connectivity index (χ1n) is 5.85. The van der Waals surface area contributed by atoms with E-state index >= 15 is 0 Å². The summed E-state index contributed by atoms with van der Waals surface area (Å²) in [4.78, 5) is -0.637. The molecule has 0 heterocycles. The predicted molar refractivity (Wildman–Crippen MR) is 79.2 cm³/mol. The summed E-state index contributed by atoms with van der Waals surface area (Å²) in [5, 5.41) is 0.712. The Labute approximate surface area is 116 Å². The van der Waals surface area contributed by atoms with Gasteiger partial charge in [0.1, 0.15) is 0 Å². The van der Waals surface area contributed by atoms with Gasteiger partial charge in [-0.2, -0.15) is 0 Å². The van der Waals surface area contributed by atoms with E-state index in [0.717, 1.165) is 17.8 Å². The summed E-state index contributed by atoms with van der Waals surface area (Å²) in [6.45, 7) is 12.0. The van der Waals surface area contributed by atoms with Crippen LogP contribution in [0.3, 0.4) is 0 Å². The van der Waals surface area contributed by atoms with E-state index in [1.165, 1.54) is 0 Å². The molecule has 0 aromatic heterocycles. The highest BCUT2D eigenvalue weighted by Gasteiger charge is 2.35. The third-order valence-corrected chi connectivity index (χ3v) is 4.66. The second kappa shape index (κ2) is 5.64. The van der Waals surface area contributed by atoms with Crippen LogP contribution in [0.4, 0.5) is 0 Å². The quantitative estimate of drug-likeness (QED) is 0.418. The summed E-state index contributed by atoms with van der Waals surface area (Å²) in [7, 11) is -1.14. The van der Waals surface area contributed by atoms with Gasteiger partial charge in [-0.05, 0) is 45.0 Å². The third-order valence-electron chi connectivity index (χ3n) is 2.83. The SMILES string of the molecule is C=CCC1C(O[SiH](C)C)=CC(C)(Cl)C(Cl)=C1C. The summed E-state index contributed by atoms with van der Waals surface area (Å²) in [6, 6.07) is 0. The highest BCUT2D eigenvalue weighted by Crippen LogP contribution is 2.43. The minimum Gasteiger partial charge on any atom is -0.550 e. The Balaban J connectivity index is 3.11. The standard InChI is InChI=1S/C13H20Cl2OSi/c1-6-7-10-9(2)12(14)13(3,15)8-11(10)16-17(4)5/h6,8,10,17H,1,7H2,2-5H3. The number of alkyl halides is 1. The van der Waals surface area contributed by atoms with E-state index in [0.29, 0.717) is 5.03 Å². The minimum atomic E-state index is -1.14. The van der Waals surface area contributed by atoms with Gasteiger partial charge in [-0.1, -0.05) is 17.7 Å². The van der Waals surface area contributed by atoms with E-state index in [9.17, 15) is 0 Å². The minimum absolute atomic E-state index is 0.196. The molecule has 0 fully saturated rings. The van der Waals surface area contributed by atoms with Gasteiger partial charge in [0.15, 0.2) is 0 Å². The number of rotatable bonds is 4. The molecule has 0 aromatic carbocycles. The van der Waals surface area contributed by atoms with E-state index in [2.05, 4.69) is 19.7 Å². The van der Waals surface area contributed by atoms with E-state index in [1.807, 2.05) is 26.0 Å². The normalized spacial score (nSPS) is 29.4. The molecule has 4 heteroatoms. The number of hydrogen-bond donors (Lipinski definition) is 0. The van der Waals surface area contributed by atoms with Crippen LogP contribution < -0.4 is 0 Å². The van der Waals surface area contributed by atoms with Crippen molar-refractivity contribution in [3.8, 4) is 0 Å². The molecule has 0 radical (unpaired) electrons. The highest BCUT2D eigenvalue weighted by atomic mass is 35.5. The predicted octanol–water partition coefficient (Wildman–Crippen LogP) is 4.59. The van der Waals surface area contributed by atoms with Crippen molar-refractivity contribution >= 4 is 32.2 Å². The molecule has 96 valence electrons. The molecule has 0 saturated carbocycles. The molecule has 1 rings (SSSR count). The van der Waals surface area contributed by atoms with Crippen LogP contribution in [-0.2, 0) is 4.43 Å². The van der Waals surface area contributed by atoms with Gasteiger partial charge in [0.05, 0.1) is 10.6 Å². The van der Waals surface area contributed by atoms with E-state index in [1.54, 1.807) is 0 Å². The first-order valence-corrected chi connectivity index (χ1v) is 9.39. The molecule has 17 heavy (non-hydrogen) atoms. The van der Waals surface area contributed by atoms with Crippen LogP contribution in [0.5, 0.6) is 0 Å². The lowest BCUT2D eigenvalue weighted by molar-refractivity contribution is 0.366. The Morgan fingerprint density at radius 1 is 1.59 bits per heavy atom. The lowest BCUT2D eigenvalue weighted by atomic mass is 9.85. The monoisotopic (exact) mass is 290 g/mol. The lowest BCUT2D eigenvalue weighted by Crippen LogP contribution is -2.27. The van der Waals surface area contributed by atoms with E-state index in [4.69, 9.17) is 27.6 Å². The molecule has 0 spiro atoms. The third kappa shape index (κ3) is 3.40. The van der Waals surface area contributed by atoms with Crippen molar-refractivity contribution in [1.29, 1.82) is 0 Å². The van der Waals surface area contributed by atoms with Gasteiger partial charge in [0.25, 0.3) is 0 Å². The van der Waals surface area contributed by atoms with Crippen LogP contribution in [0.25, 0.3) is 0 Å². The largest absolute Gasteiger partial charge is 0.550 e. The first-order chi connectivity index (χ1) is 7.79. The number of allylic oxidation sites excluding steroid dienone is 4. The lowest BCUT2D eigenvalue weighted by Gasteiger charge is -2.33. The van der Waals surface area contributed by atoms with Crippen molar-refractivity contribution in [3.63, 3.8) is 0 Å². The Kier molecular flexibility index (Phi) is 4.93. The van der Waals surface area contributed by atoms with Gasteiger partial charge in [-0.3, -0.25) is 0 Å². The fourth-order valence-corrected chi connectivity index (χ4v) is 3.25. The van der Waals surface area contributed by atoms with Crippen molar-refractivity contribution in [1.82, 2.24) is 0 Å². The first kappa shape index (κ1) is 14.9. The zero-order chi connectivity index (χ0) is 13.2. The number of hydrogen-bond acceptors (Lipinski definition) is 1. The van der Waals surface area contributed by atoms with Crippen molar-refractivity contribution in [2.24, 2.45) is 5.92 Å². The second-order valence-corrected chi connectivity index (χ2v) is 8.36. The average molecular weight is 291 g/mol. The van der Waals surface area contributed by atoms with Crippen LogP contribution in [0.1, 0.15) is 20.3 Å². The van der Waals surface area contributed by atoms with Crippen LogP contribution in [0.15, 0.2) is 35.1 Å². The van der Waals surface area contributed by atoms with Crippen molar-refractivity contribution in [2.45, 2.75) is 38.2 Å². The summed E-state index contributed by atoms with van der Waals surface area (Å²) in [6.07, 6.45) is 4.68. The van der Waals surface area contributed by atoms with Gasteiger partial charge in [-0.25, -0.2) is 0 Å². The van der Waals surface area contributed by atoms with Gasteiger partial charge in [-0.15, -0.1) is 18.2 Å². The zero-order valence-corrected chi connectivity index (χ0v) is 13.6. The molecule has 0 saturated heterocycles. The summed E-state index contributed by atoms with van der Waals surface area (Å²) in [5.74, 6) is 1.16. The van der Waals surface area contributed by atoms with Gasteiger partial charge in [0.2, 0.25) is 9.04 Å². The molecular formula is C13H20Cl2OSi. The average Bonchev–Trinajstić information content (AvgIpc) is 2.20. The Hall–Kier alpha value is -0.183. The Morgan fingerprint density at radius 2 is 2.18 bits per heavy atom. The fraction of sp³-hybridized carbons (Fsp3) is 0.538. The molecule has 1 nitrogen and oxygen atoms in total. The maximum Gasteiger partial charge on any atom is 0.229 e. The van der Waals surface area contributed by atoms with Crippen molar-refractivity contribution < 1.29 is 4.43 Å². The van der Waals surface area contributed by atoms with Crippen molar-refractivity contribution in [2.75, 3.05) is 0 Å². The van der Waals surface area contributed by atoms with Crippen LogP contribution >= 0.6 is 23.2 Å². The van der Waals surface area contributed by atoms with Gasteiger partial charge >= 0.3 is 0 Å². The summed E-state index contributed by atoms with van der Waals surface area (Å²) in [5.41, 5.74) is 1.09. The van der Waals surface area contributed by atoms with Gasteiger partial charge in [0, 0.05) is 11.0 Å². The van der Waals surface area contributed by atoms with E-state index < -0.39 is 13.9 Å². The molecule has 2 atom stereocenters. The Morgan fingerprint density at radius 3 is 2.65 bits per heavy atom. The molecule has 0 aromatic rings. The Bertz CT molecular complexity index is 370. The van der Waals surface area contributed by atoms with Crippen LogP contribution in [-0.4, -0.2) is 13.9 Å². The molecule has 1 aliphatic rings. The maximum atomic E-state index is 6.40. The van der Waals surface area contributed by atoms with Crippen LogP contribution in [0.2, 0.25) is 13.1 Å². The van der Waals surface area contributed by atoms with Crippen LogP contribution in [0, 0.1) is 5.92 Å². The topological polar surface area (TPSA) is 9.23 Å². The van der Waals surface area contributed by atoms with Crippen molar-refractivity contribution in [3.05, 3.63) is 35.1 Å². The molecule has 0 amide bonds. The molecule has 1 aliphatic carbocycles. The maximum absolute atomic E-state index is 6.40. The summed E-state index contributed by atoms with van der Waals surface area (Å²) >= 11 is 12.7. The molecular weight excluding hydrogens is 271 g/mol. The fourth-order valence-electron chi connectivity index (χ4n) is 2.03. The smallest absolute Gasteiger partial charge is 0.229 e. The van der Waals surface area contributed by atoms with Gasteiger partial charge < -0.3 is 4.43 Å². The molecule has 0 aliphatic heterocycles. The second-order valence-electron chi connectivity index (χ2n) is 4.86. The highest BCUT2D eigenvalue weighted by molar-refractivity contribution is 6.48. The van der Waals surface area contributed by atoms with E-state index in [-0.39, 0.29) is 5.92 Å². The zero-order valence-electron chi connectivity index (χ0n) is 10.9. The molecule has 0 N–H and O–H groups in total. The molecule has 0 bridgehead atoms. The number of halogens is 2.